The first-order valence-corrected chi connectivity index (χ1v) is 4.20. The number of hydrogen-bond donors (Lipinski definition) is 2. The van der Waals surface area contributed by atoms with Gasteiger partial charge in [0, 0.05) is 12.1 Å². The predicted octanol–water partition coefficient (Wildman–Crippen LogP) is 1.65. The van der Waals surface area contributed by atoms with Crippen molar-refractivity contribution in [3.05, 3.63) is 11.8 Å². The van der Waals surface area contributed by atoms with Gasteiger partial charge in [-0.05, 0) is 12.8 Å². The lowest BCUT2D eigenvalue weighted by atomic mass is 10.1. The van der Waals surface area contributed by atoms with E-state index in [-0.39, 0.29) is 6.10 Å². The summed E-state index contributed by atoms with van der Waals surface area (Å²) >= 11 is 0. The molecule has 11 heavy (non-hydrogen) atoms. The van der Waals surface area contributed by atoms with Gasteiger partial charge >= 0.3 is 0 Å². The Morgan fingerprint density at radius 3 is 2.45 bits per heavy atom. The van der Waals surface area contributed by atoms with Gasteiger partial charge in [0.05, 0.1) is 6.10 Å². The van der Waals surface area contributed by atoms with Crippen molar-refractivity contribution in [1.82, 2.24) is 0 Å². The van der Waals surface area contributed by atoms with Gasteiger partial charge in [0.15, 0.2) is 0 Å². The molecule has 0 aliphatic rings. The lowest BCUT2D eigenvalue weighted by molar-refractivity contribution is 0.194. The standard InChI is InChI=1S/C9H19NO/c1-4-7(2)5-9(10)6-8(3)11/h5,7-8,11H,4,6,10H2,1-3H3/b9-5-. The molecule has 0 aliphatic carbocycles. The Balaban J connectivity index is 3.79. The van der Waals surface area contributed by atoms with Gasteiger partial charge in [0.2, 0.25) is 0 Å². The second-order valence-electron chi connectivity index (χ2n) is 3.18. The third-order valence-corrected chi connectivity index (χ3v) is 1.67. The molecule has 2 nitrogen and oxygen atoms in total. The summed E-state index contributed by atoms with van der Waals surface area (Å²) in [5.41, 5.74) is 6.45. The molecule has 0 aromatic rings. The van der Waals surface area contributed by atoms with Crippen LogP contribution in [-0.2, 0) is 0 Å². The molecule has 0 saturated heterocycles. The maximum Gasteiger partial charge on any atom is 0.0566 e. The summed E-state index contributed by atoms with van der Waals surface area (Å²) in [6, 6.07) is 0. The van der Waals surface area contributed by atoms with Gasteiger partial charge in [-0.3, -0.25) is 0 Å². The van der Waals surface area contributed by atoms with Gasteiger partial charge in [-0.25, -0.2) is 0 Å². The Morgan fingerprint density at radius 2 is 2.09 bits per heavy atom. The highest BCUT2D eigenvalue weighted by Gasteiger charge is 1.99. The SMILES string of the molecule is CCC(C)/C=C(\N)CC(C)O. The first-order chi connectivity index (χ1) is 5.06. The normalized spacial score (nSPS) is 18.0. The molecule has 2 heteroatoms. The van der Waals surface area contributed by atoms with Crippen molar-refractivity contribution in [2.24, 2.45) is 11.7 Å². The summed E-state index contributed by atoms with van der Waals surface area (Å²) in [4.78, 5) is 0. The van der Waals surface area contributed by atoms with Crippen LogP contribution in [-0.4, -0.2) is 11.2 Å². The predicted molar refractivity (Wildman–Crippen MR) is 48.0 cm³/mol. The van der Waals surface area contributed by atoms with Crippen LogP contribution < -0.4 is 5.73 Å². The van der Waals surface area contributed by atoms with E-state index >= 15 is 0 Å². The second-order valence-corrected chi connectivity index (χ2v) is 3.18. The van der Waals surface area contributed by atoms with E-state index in [0.29, 0.717) is 12.3 Å². The first kappa shape index (κ1) is 10.5. The Bertz CT molecular complexity index is 130. The molecule has 0 spiro atoms. The highest BCUT2D eigenvalue weighted by atomic mass is 16.3. The molecule has 0 radical (unpaired) electrons. The smallest absolute Gasteiger partial charge is 0.0566 e. The van der Waals surface area contributed by atoms with Gasteiger partial charge in [0.1, 0.15) is 0 Å². The Morgan fingerprint density at radius 1 is 1.55 bits per heavy atom. The van der Waals surface area contributed by atoms with Crippen LogP contribution in [0.15, 0.2) is 11.8 Å². The molecule has 2 atom stereocenters. The van der Waals surface area contributed by atoms with Gasteiger partial charge in [-0.1, -0.05) is 26.3 Å². The number of allylic oxidation sites excluding steroid dienone is 1. The molecule has 0 aromatic heterocycles. The fraction of sp³-hybridized carbons (Fsp3) is 0.778. The van der Waals surface area contributed by atoms with E-state index in [1.165, 1.54) is 0 Å². The molecule has 0 amide bonds. The highest BCUT2D eigenvalue weighted by molar-refractivity contribution is 4.99. The lowest BCUT2D eigenvalue weighted by Gasteiger charge is -2.07. The summed E-state index contributed by atoms with van der Waals surface area (Å²) in [7, 11) is 0. The van der Waals surface area contributed by atoms with E-state index in [1.54, 1.807) is 6.92 Å². The van der Waals surface area contributed by atoms with Crippen molar-refractivity contribution in [1.29, 1.82) is 0 Å². The van der Waals surface area contributed by atoms with Crippen LogP contribution in [0.4, 0.5) is 0 Å². The summed E-state index contributed by atoms with van der Waals surface area (Å²) in [6.45, 7) is 5.99. The van der Waals surface area contributed by atoms with E-state index in [2.05, 4.69) is 13.8 Å². The van der Waals surface area contributed by atoms with Crippen LogP contribution in [0.1, 0.15) is 33.6 Å². The van der Waals surface area contributed by atoms with Crippen LogP contribution in [0.3, 0.4) is 0 Å². The van der Waals surface area contributed by atoms with Crippen molar-refractivity contribution in [3.8, 4) is 0 Å². The zero-order valence-corrected chi connectivity index (χ0v) is 7.67. The van der Waals surface area contributed by atoms with Crippen LogP contribution in [0.2, 0.25) is 0 Å². The fourth-order valence-electron chi connectivity index (χ4n) is 0.892. The number of aliphatic hydroxyl groups is 1. The molecule has 0 saturated carbocycles. The van der Waals surface area contributed by atoms with Gasteiger partial charge in [-0.2, -0.15) is 0 Å². The van der Waals surface area contributed by atoms with Crippen LogP contribution in [0, 0.1) is 5.92 Å². The zero-order chi connectivity index (χ0) is 8.85. The topological polar surface area (TPSA) is 46.2 Å². The summed E-state index contributed by atoms with van der Waals surface area (Å²) in [5.74, 6) is 0.522. The number of aliphatic hydroxyl groups excluding tert-OH is 1. The molecular weight excluding hydrogens is 138 g/mol. The van der Waals surface area contributed by atoms with Crippen molar-refractivity contribution in [2.75, 3.05) is 0 Å². The summed E-state index contributed by atoms with van der Waals surface area (Å²) in [5, 5.41) is 8.99. The largest absolute Gasteiger partial charge is 0.402 e. The van der Waals surface area contributed by atoms with Crippen molar-refractivity contribution >= 4 is 0 Å². The molecule has 66 valence electrons. The minimum absolute atomic E-state index is 0.324. The first-order valence-electron chi connectivity index (χ1n) is 4.20. The molecule has 0 bridgehead atoms. The third kappa shape index (κ3) is 5.92. The quantitative estimate of drug-likeness (QED) is 0.651. The van der Waals surface area contributed by atoms with Crippen molar-refractivity contribution in [3.63, 3.8) is 0 Å². The molecule has 0 rings (SSSR count). The fourth-order valence-corrected chi connectivity index (χ4v) is 0.892. The summed E-state index contributed by atoms with van der Waals surface area (Å²) < 4.78 is 0. The maximum atomic E-state index is 8.99. The minimum Gasteiger partial charge on any atom is -0.402 e. The average molecular weight is 157 g/mol. The second kappa shape index (κ2) is 5.19. The molecular formula is C9H19NO. The lowest BCUT2D eigenvalue weighted by Crippen LogP contribution is -2.08. The van der Waals surface area contributed by atoms with Gasteiger partial charge in [0.25, 0.3) is 0 Å². The molecule has 3 N–H and O–H groups in total. The Hall–Kier alpha value is -0.500. The monoisotopic (exact) mass is 157 g/mol. The van der Waals surface area contributed by atoms with Crippen LogP contribution >= 0.6 is 0 Å². The number of rotatable bonds is 4. The molecule has 0 heterocycles. The molecule has 0 fully saturated rings. The Labute approximate surface area is 69.1 Å². The van der Waals surface area contributed by atoms with Crippen LogP contribution in [0.5, 0.6) is 0 Å². The summed E-state index contributed by atoms with van der Waals surface area (Å²) in [6.07, 6.45) is 3.38. The molecule has 0 aromatic carbocycles. The zero-order valence-electron chi connectivity index (χ0n) is 7.67. The minimum atomic E-state index is -0.324. The third-order valence-electron chi connectivity index (χ3n) is 1.67. The highest BCUT2D eigenvalue weighted by Crippen LogP contribution is 2.07. The van der Waals surface area contributed by atoms with E-state index in [4.69, 9.17) is 10.8 Å². The van der Waals surface area contributed by atoms with Gasteiger partial charge in [-0.15, -0.1) is 0 Å². The Kier molecular flexibility index (Phi) is 4.95. The van der Waals surface area contributed by atoms with Crippen LogP contribution in [0.25, 0.3) is 0 Å². The van der Waals surface area contributed by atoms with Crippen molar-refractivity contribution in [2.45, 2.75) is 39.7 Å². The van der Waals surface area contributed by atoms with Crippen molar-refractivity contribution < 1.29 is 5.11 Å². The van der Waals surface area contributed by atoms with E-state index in [0.717, 1.165) is 12.1 Å². The average Bonchev–Trinajstić information content (AvgIpc) is 1.85. The van der Waals surface area contributed by atoms with E-state index in [9.17, 15) is 0 Å². The van der Waals surface area contributed by atoms with E-state index < -0.39 is 0 Å². The number of nitrogens with two attached hydrogens (primary N) is 1. The maximum absolute atomic E-state index is 8.99. The van der Waals surface area contributed by atoms with Gasteiger partial charge < -0.3 is 10.8 Å². The molecule has 0 aliphatic heterocycles. The van der Waals surface area contributed by atoms with E-state index in [1.807, 2.05) is 6.08 Å². The molecule has 2 unspecified atom stereocenters. The number of hydrogen-bond acceptors (Lipinski definition) is 2.